The molecule has 1 atom stereocenters. The molecule has 2 aliphatic rings. The summed E-state index contributed by atoms with van der Waals surface area (Å²) in [5.41, 5.74) is 4.87. The minimum Gasteiger partial charge on any atom is -0.453 e. The molecule has 3 amide bonds. The molecule has 0 saturated carbocycles. The van der Waals surface area contributed by atoms with Crippen LogP contribution in [0.1, 0.15) is 45.3 Å². The molecule has 0 fully saturated rings. The Hall–Kier alpha value is -5.53. The van der Waals surface area contributed by atoms with E-state index in [1.165, 1.54) is 24.2 Å². The molecule has 47 heavy (non-hydrogen) atoms. The van der Waals surface area contributed by atoms with Crippen LogP contribution in [0.3, 0.4) is 0 Å². The first kappa shape index (κ1) is 31.5. The third-order valence-electron chi connectivity index (χ3n) is 7.49. The molecule has 0 saturated heterocycles. The van der Waals surface area contributed by atoms with Crippen molar-refractivity contribution in [1.82, 2.24) is 40.8 Å². The number of carbonyl (C=O) groups is 3. The third kappa shape index (κ3) is 7.32. The maximum atomic E-state index is 13.4. The predicted molar refractivity (Wildman–Crippen MR) is 175 cm³/mol. The van der Waals surface area contributed by atoms with Crippen LogP contribution in [-0.4, -0.2) is 55.2 Å². The summed E-state index contributed by atoms with van der Waals surface area (Å²) in [5.74, 6) is -0.201. The molecule has 2 aliphatic heterocycles. The minimum absolute atomic E-state index is 0.117. The molecule has 0 radical (unpaired) electrons. The lowest BCUT2D eigenvalue weighted by Gasteiger charge is -2.16. The lowest BCUT2D eigenvalue weighted by atomic mass is 10.0. The van der Waals surface area contributed by atoms with Crippen LogP contribution >= 0.6 is 23.2 Å². The van der Waals surface area contributed by atoms with Crippen LogP contribution in [0.4, 0.5) is 10.5 Å². The number of aromatic amines is 1. The average Bonchev–Trinajstić information content (AvgIpc) is 3.75. The SMILES string of the molecule is COC(=O)Nc1ccc2c(c1)CNC(=O)c1ccc(cc1)CC[C@H](NC(=O)/C=C/c1cc(Cl)ccc1-n1cnnn1)c1nc-2c(Cl)[nH]1. The standard InChI is InChI=1S/C32H27Cl2N9O4/c1-47-32(46)37-23-9-10-24-21(15-23)16-35-31(45)19-5-2-18(3-6-19)4-11-25(30-39-28(24)29(34)40-30)38-27(44)13-7-20-14-22(33)8-12-26(20)43-17-36-41-42-43/h2-3,5-10,12-15,17,25H,4,11,16H2,1H3,(H,35,45)(H,37,46)(H,38,44)(H,39,40)/b13-7+/t25-/m0/s1. The zero-order valence-corrected chi connectivity index (χ0v) is 26.3. The maximum absolute atomic E-state index is 13.4. The van der Waals surface area contributed by atoms with Crippen molar-refractivity contribution in [3.63, 3.8) is 0 Å². The van der Waals surface area contributed by atoms with Gasteiger partial charge in [-0.25, -0.2) is 9.78 Å². The molecule has 13 nitrogen and oxygen atoms in total. The zero-order valence-electron chi connectivity index (χ0n) is 24.8. The molecule has 2 aromatic heterocycles. The number of carbonyl (C=O) groups excluding carboxylic acids is 3. The molecule has 5 aromatic rings. The van der Waals surface area contributed by atoms with E-state index < -0.39 is 12.1 Å². The number of fused-ring (bicyclic) bond motifs is 6. The molecule has 238 valence electrons. The fraction of sp³-hybridized carbons (Fsp3) is 0.156. The van der Waals surface area contributed by atoms with E-state index >= 15 is 0 Å². The number of ether oxygens (including phenoxy) is 1. The highest BCUT2D eigenvalue weighted by Gasteiger charge is 2.23. The van der Waals surface area contributed by atoms with Crippen molar-refractivity contribution >= 4 is 52.9 Å². The summed E-state index contributed by atoms with van der Waals surface area (Å²) in [6.45, 7) is 0.117. The van der Waals surface area contributed by atoms with Crippen LogP contribution in [0.5, 0.6) is 0 Å². The first-order valence-corrected chi connectivity index (χ1v) is 15.2. The molecule has 4 bridgehead atoms. The van der Waals surface area contributed by atoms with Crippen molar-refractivity contribution < 1.29 is 19.1 Å². The Morgan fingerprint density at radius 1 is 1.09 bits per heavy atom. The molecule has 4 heterocycles. The van der Waals surface area contributed by atoms with Crippen molar-refractivity contribution in [2.75, 3.05) is 12.4 Å². The summed E-state index contributed by atoms with van der Waals surface area (Å²) in [4.78, 5) is 46.2. The Morgan fingerprint density at radius 3 is 2.68 bits per heavy atom. The molecule has 0 aliphatic carbocycles. The van der Waals surface area contributed by atoms with Gasteiger partial charge in [0.05, 0.1) is 18.8 Å². The fourth-order valence-electron chi connectivity index (χ4n) is 5.14. The number of benzene rings is 3. The Labute approximate surface area is 278 Å². The van der Waals surface area contributed by atoms with Gasteiger partial charge in [-0.05, 0) is 82.9 Å². The second kappa shape index (κ2) is 13.8. The number of tetrazole rings is 1. The molecule has 7 rings (SSSR count). The van der Waals surface area contributed by atoms with E-state index in [4.69, 9.17) is 32.9 Å². The van der Waals surface area contributed by atoms with Crippen LogP contribution in [0.25, 0.3) is 23.0 Å². The van der Waals surface area contributed by atoms with Crippen LogP contribution in [0.15, 0.2) is 73.1 Å². The number of amides is 3. The number of imidazole rings is 1. The van der Waals surface area contributed by atoms with Gasteiger partial charge in [0.1, 0.15) is 23.0 Å². The number of hydrogen-bond donors (Lipinski definition) is 4. The smallest absolute Gasteiger partial charge is 0.411 e. The van der Waals surface area contributed by atoms with Crippen molar-refractivity contribution in [1.29, 1.82) is 0 Å². The minimum atomic E-state index is -0.638. The summed E-state index contributed by atoms with van der Waals surface area (Å²) in [6.07, 6.45) is 4.88. The van der Waals surface area contributed by atoms with Gasteiger partial charge in [0.25, 0.3) is 5.91 Å². The van der Waals surface area contributed by atoms with Gasteiger partial charge in [0.2, 0.25) is 5.91 Å². The summed E-state index contributed by atoms with van der Waals surface area (Å²) in [5, 5.41) is 20.6. The van der Waals surface area contributed by atoms with Crippen molar-refractivity contribution in [2.45, 2.75) is 25.4 Å². The van der Waals surface area contributed by atoms with Gasteiger partial charge in [-0.15, -0.1) is 5.10 Å². The molecule has 0 unspecified atom stereocenters. The second-order valence-electron chi connectivity index (χ2n) is 10.5. The fourth-order valence-corrected chi connectivity index (χ4v) is 5.56. The topological polar surface area (TPSA) is 169 Å². The van der Waals surface area contributed by atoms with E-state index in [-0.39, 0.29) is 23.5 Å². The number of H-pyrrole nitrogens is 1. The van der Waals surface area contributed by atoms with Crippen molar-refractivity contribution in [3.05, 3.63) is 111 Å². The van der Waals surface area contributed by atoms with E-state index in [9.17, 15) is 14.4 Å². The van der Waals surface area contributed by atoms with Gasteiger partial charge in [-0.2, -0.15) is 4.68 Å². The summed E-state index contributed by atoms with van der Waals surface area (Å²) in [7, 11) is 1.27. The number of aromatic nitrogens is 6. The van der Waals surface area contributed by atoms with Gasteiger partial charge in [-0.1, -0.05) is 41.4 Å². The molecular weight excluding hydrogens is 645 g/mol. The highest BCUT2D eigenvalue weighted by Crippen LogP contribution is 2.33. The van der Waals surface area contributed by atoms with Crippen molar-refractivity contribution in [3.8, 4) is 16.9 Å². The number of halogens is 2. The van der Waals surface area contributed by atoms with Crippen LogP contribution < -0.4 is 16.0 Å². The molecule has 3 aromatic carbocycles. The van der Waals surface area contributed by atoms with Gasteiger partial charge >= 0.3 is 6.09 Å². The van der Waals surface area contributed by atoms with Crippen LogP contribution in [-0.2, 0) is 22.5 Å². The predicted octanol–water partition coefficient (Wildman–Crippen LogP) is 5.28. The van der Waals surface area contributed by atoms with Gasteiger partial charge in [0.15, 0.2) is 0 Å². The first-order valence-electron chi connectivity index (χ1n) is 14.4. The monoisotopic (exact) mass is 671 g/mol. The molecule has 4 N–H and O–H groups in total. The average molecular weight is 673 g/mol. The highest BCUT2D eigenvalue weighted by atomic mass is 35.5. The van der Waals surface area contributed by atoms with Gasteiger partial charge in [0, 0.05) is 40.0 Å². The van der Waals surface area contributed by atoms with E-state index in [0.29, 0.717) is 63.0 Å². The Morgan fingerprint density at radius 2 is 1.91 bits per heavy atom. The molecule has 0 spiro atoms. The molecular formula is C32H27Cl2N9O4. The van der Waals surface area contributed by atoms with Gasteiger partial charge < -0.3 is 20.4 Å². The Balaban J connectivity index is 1.34. The number of rotatable bonds is 5. The number of aryl methyl sites for hydroxylation is 1. The van der Waals surface area contributed by atoms with Gasteiger partial charge in [-0.3, -0.25) is 14.9 Å². The normalized spacial score (nSPS) is 14.5. The van der Waals surface area contributed by atoms with E-state index in [1.807, 2.05) is 12.1 Å². The van der Waals surface area contributed by atoms with E-state index in [1.54, 1.807) is 54.6 Å². The largest absolute Gasteiger partial charge is 0.453 e. The molecule has 15 heteroatoms. The number of anilines is 1. The van der Waals surface area contributed by atoms with Crippen molar-refractivity contribution in [2.24, 2.45) is 0 Å². The zero-order chi connectivity index (χ0) is 32.9. The first-order chi connectivity index (χ1) is 22.8. The highest BCUT2D eigenvalue weighted by molar-refractivity contribution is 6.32. The lowest BCUT2D eigenvalue weighted by Crippen LogP contribution is -2.28. The summed E-state index contributed by atoms with van der Waals surface area (Å²) >= 11 is 13.0. The number of hydrogen-bond acceptors (Lipinski definition) is 8. The lowest BCUT2D eigenvalue weighted by molar-refractivity contribution is -0.117. The van der Waals surface area contributed by atoms with E-state index in [2.05, 4.69) is 36.5 Å². The van der Waals surface area contributed by atoms with Crippen LogP contribution in [0.2, 0.25) is 10.2 Å². The number of methoxy groups -OCH3 is 1. The maximum Gasteiger partial charge on any atom is 0.411 e. The Bertz CT molecular complexity index is 1980. The third-order valence-corrected chi connectivity index (χ3v) is 8.00. The quantitative estimate of drug-likeness (QED) is 0.183. The Kier molecular flexibility index (Phi) is 9.27. The van der Waals surface area contributed by atoms with E-state index in [0.717, 1.165) is 5.56 Å². The second-order valence-corrected chi connectivity index (χ2v) is 11.4. The number of nitrogens with zero attached hydrogens (tertiary/aromatic N) is 5. The summed E-state index contributed by atoms with van der Waals surface area (Å²) in [6, 6.07) is 17.0. The number of nitrogens with one attached hydrogen (secondary N) is 4. The van der Waals surface area contributed by atoms with Crippen LogP contribution in [0, 0.1) is 0 Å². The summed E-state index contributed by atoms with van der Waals surface area (Å²) < 4.78 is 6.19.